The number of sulfonamides is 2. The molecule has 1 aliphatic heterocycles. The summed E-state index contributed by atoms with van der Waals surface area (Å²) in [6, 6.07) is 0. The molecule has 0 aromatic carbocycles. The second-order valence-electron chi connectivity index (χ2n) is 3.62. The van der Waals surface area contributed by atoms with Crippen molar-refractivity contribution in [3.05, 3.63) is 12.4 Å². The first-order valence-corrected chi connectivity index (χ1v) is 7.71. The average Bonchev–Trinajstić information content (AvgIpc) is 2.58. The van der Waals surface area contributed by atoms with Crippen LogP contribution in [0.2, 0.25) is 0 Å². The van der Waals surface area contributed by atoms with Crippen molar-refractivity contribution in [2.45, 2.75) is 11.0 Å². The van der Waals surface area contributed by atoms with E-state index < -0.39 is 35.2 Å². The van der Waals surface area contributed by atoms with E-state index in [1.54, 1.807) is 12.4 Å². The molecule has 8 nitrogen and oxygen atoms in total. The average molecular weight is 381 g/mol. The van der Waals surface area contributed by atoms with Crippen molar-refractivity contribution in [1.82, 2.24) is 14.1 Å². The van der Waals surface area contributed by atoms with E-state index in [0.29, 0.717) is 6.67 Å². The number of hydrogen-bond acceptors (Lipinski definition) is 7. The van der Waals surface area contributed by atoms with Crippen LogP contribution in [0.4, 0.5) is 26.3 Å². The second kappa shape index (κ2) is 6.47. The lowest BCUT2D eigenvalue weighted by Crippen LogP contribution is -2.45. The lowest BCUT2D eigenvalue weighted by atomic mass is 10.9. The number of nitrogens with zero attached hydrogens (tertiary/aromatic N) is 2. The topological polar surface area (TPSA) is 107 Å². The third-order valence-electron chi connectivity index (χ3n) is 1.69. The molecule has 0 fully saturated rings. The predicted octanol–water partition coefficient (Wildman–Crippen LogP) is 0.327. The van der Waals surface area contributed by atoms with Crippen molar-refractivity contribution in [3.8, 4) is 0 Å². The SMILES string of the molecule is CN1C=CN(O)C1.O=S(=O)(NS(=O)(=O)C(F)(F)F)C(F)(F)F. The maximum absolute atomic E-state index is 11.5. The summed E-state index contributed by atoms with van der Waals surface area (Å²) >= 11 is 0. The van der Waals surface area contributed by atoms with Crippen molar-refractivity contribution in [2.24, 2.45) is 0 Å². The number of rotatable bonds is 2. The van der Waals surface area contributed by atoms with Gasteiger partial charge in [0.2, 0.25) is 0 Å². The lowest BCUT2D eigenvalue weighted by molar-refractivity contribution is -0.0513. The Balaban J connectivity index is 0.000000518. The summed E-state index contributed by atoms with van der Waals surface area (Å²) in [5.41, 5.74) is -12.3. The Hall–Kier alpha value is -1.26. The minimum absolute atomic E-state index is 0.493. The molecule has 1 rings (SSSR count). The van der Waals surface area contributed by atoms with Gasteiger partial charge in [-0.25, -0.2) is 21.9 Å². The first-order chi connectivity index (χ1) is 9.49. The zero-order valence-electron chi connectivity index (χ0n) is 10.4. The van der Waals surface area contributed by atoms with E-state index >= 15 is 0 Å². The van der Waals surface area contributed by atoms with Crippen molar-refractivity contribution in [1.29, 1.82) is 0 Å². The van der Waals surface area contributed by atoms with Crippen LogP contribution in [0.25, 0.3) is 0 Å². The number of halogens is 6. The van der Waals surface area contributed by atoms with Gasteiger partial charge in [-0.05, 0) is 0 Å². The van der Waals surface area contributed by atoms with Crippen LogP contribution >= 0.6 is 0 Å². The van der Waals surface area contributed by atoms with Gasteiger partial charge in [-0.1, -0.05) is 4.13 Å². The van der Waals surface area contributed by atoms with E-state index in [1.807, 2.05) is 11.9 Å². The van der Waals surface area contributed by atoms with Gasteiger partial charge in [0.25, 0.3) is 0 Å². The highest BCUT2D eigenvalue weighted by Crippen LogP contribution is 2.27. The monoisotopic (exact) mass is 381 g/mol. The summed E-state index contributed by atoms with van der Waals surface area (Å²) in [6.45, 7) is 0.583. The number of nitrogens with one attached hydrogen (secondary N) is 1. The van der Waals surface area contributed by atoms with Crippen molar-refractivity contribution in [2.75, 3.05) is 13.7 Å². The summed E-state index contributed by atoms with van der Waals surface area (Å²) in [6.07, 6.45) is 3.42. The summed E-state index contributed by atoms with van der Waals surface area (Å²) in [7, 11) is -11.3. The minimum Gasteiger partial charge on any atom is -0.360 e. The molecule has 0 aromatic heterocycles. The third-order valence-corrected chi connectivity index (χ3v) is 4.66. The zero-order chi connectivity index (χ0) is 18.0. The van der Waals surface area contributed by atoms with Gasteiger partial charge in [-0.2, -0.15) is 26.3 Å². The Bertz CT molecular complexity index is 558. The van der Waals surface area contributed by atoms with E-state index in [0.717, 1.165) is 5.06 Å². The van der Waals surface area contributed by atoms with E-state index in [1.165, 1.54) is 0 Å². The number of hydroxylamine groups is 2. The van der Waals surface area contributed by atoms with Gasteiger partial charge >= 0.3 is 31.1 Å². The summed E-state index contributed by atoms with van der Waals surface area (Å²) in [5, 5.41) is 9.73. The van der Waals surface area contributed by atoms with Gasteiger partial charge in [0.05, 0.1) is 0 Å². The maximum Gasteiger partial charge on any atom is 0.512 e. The van der Waals surface area contributed by atoms with E-state index in [-0.39, 0.29) is 0 Å². The van der Waals surface area contributed by atoms with Crippen LogP contribution in [0, 0.1) is 0 Å². The minimum atomic E-state index is -6.60. The van der Waals surface area contributed by atoms with Gasteiger partial charge in [-0.3, -0.25) is 5.21 Å². The first-order valence-electron chi connectivity index (χ1n) is 4.75. The van der Waals surface area contributed by atoms with Crippen LogP contribution in [0.1, 0.15) is 0 Å². The van der Waals surface area contributed by atoms with Gasteiger partial charge in [0.1, 0.15) is 6.67 Å². The molecule has 0 radical (unpaired) electrons. The van der Waals surface area contributed by atoms with Crippen LogP contribution in [0.5, 0.6) is 0 Å². The van der Waals surface area contributed by atoms with Crippen molar-refractivity contribution in [3.63, 3.8) is 0 Å². The molecule has 16 heteroatoms. The molecule has 0 unspecified atom stereocenters. The standard InChI is InChI=1S/C4H8N2O.C2HF6NO4S2/c1-5-2-3-6(7)4-5;3-1(4,5)14(10,11)9-15(12,13)2(6,7)8/h2-3,7H,4H2,1H3;9H. The molecule has 0 aromatic rings. The van der Waals surface area contributed by atoms with E-state index in [2.05, 4.69) is 0 Å². The summed E-state index contributed by atoms with van der Waals surface area (Å²) < 4.78 is 108. The zero-order valence-corrected chi connectivity index (χ0v) is 12.1. The van der Waals surface area contributed by atoms with Crippen molar-refractivity contribution >= 4 is 20.0 Å². The maximum atomic E-state index is 11.5. The molecule has 0 amide bonds. The predicted molar refractivity (Wildman–Crippen MR) is 58.5 cm³/mol. The molecule has 0 saturated heterocycles. The molecule has 0 atom stereocenters. The molecule has 1 aliphatic rings. The number of hydrogen-bond donors (Lipinski definition) is 2. The van der Waals surface area contributed by atoms with Gasteiger partial charge in [0.15, 0.2) is 0 Å². The Morgan fingerprint density at radius 3 is 1.45 bits per heavy atom. The smallest absolute Gasteiger partial charge is 0.360 e. The molecular weight excluding hydrogens is 372 g/mol. The highest BCUT2D eigenvalue weighted by atomic mass is 32.3. The molecule has 0 aliphatic carbocycles. The summed E-state index contributed by atoms with van der Waals surface area (Å²) in [5.74, 6) is 0. The van der Waals surface area contributed by atoms with Crippen LogP contribution < -0.4 is 4.13 Å². The Kier molecular flexibility index (Phi) is 6.10. The fourth-order valence-corrected chi connectivity index (χ4v) is 2.66. The highest BCUT2D eigenvalue weighted by Gasteiger charge is 2.55. The molecule has 0 bridgehead atoms. The first kappa shape index (κ1) is 20.7. The van der Waals surface area contributed by atoms with Crippen LogP contribution in [-0.4, -0.2) is 56.7 Å². The fourth-order valence-electron chi connectivity index (χ4n) is 0.753. The third kappa shape index (κ3) is 5.85. The van der Waals surface area contributed by atoms with Crippen molar-refractivity contribution < 1.29 is 48.4 Å². The molecule has 0 spiro atoms. The molecular formula is C6H9F6N3O5S2. The van der Waals surface area contributed by atoms with Crippen LogP contribution in [-0.2, 0) is 20.0 Å². The normalized spacial score (nSPS) is 16.5. The fraction of sp³-hybridized carbons (Fsp3) is 0.667. The van der Waals surface area contributed by atoms with Gasteiger partial charge < -0.3 is 4.90 Å². The van der Waals surface area contributed by atoms with Crippen LogP contribution in [0.15, 0.2) is 12.4 Å². The molecule has 132 valence electrons. The highest BCUT2D eigenvalue weighted by molar-refractivity contribution is 8.05. The summed E-state index contributed by atoms with van der Waals surface area (Å²) in [4.78, 5) is 1.88. The van der Waals surface area contributed by atoms with Crippen LogP contribution in [0.3, 0.4) is 0 Å². The second-order valence-corrected chi connectivity index (χ2v) is 7.22. The molecule has 1 heterocycles. The number of alkyl halides is 6. The lowest BCUT2D eigenvalue weighted by Gasteiger charge is -2.11. The molecule has 22 heavy (non-hydrogen) atoms. The quantitative estimate of drug-likeness (QED) is 0.664. The van der Waals surface area contributed by atoms with E-state index in [4.69, 9.17) is 5.21 Å². The van der Waals surface area contributed by atoms with Gasteiger partial charge in [0, 0.05) is 19.4 Å². The largest absolute Gasteiger partial charge is 0.512 e. The Labute approximate surface area is 120 Å². The molecule has 2 N–H and O–H groups in total. The Morgan fingerprint density at radius 1 is 0.955 bits per heavy atom. The Morgan fingerprint density at radius 2 is 1.32 bits per heavy atom. The molecule has 0 saturated carbocycles. The van der Waals surface area contributed by atoms with Gasteiger partial charge in [-0.15, -0.1) is 0 Å². The van der Waals surface area contributed by atoms with E-state index in [9.17, 15) is 43.2 Å².